The molecule has 35 heavy (non-hydrogen) atoms. The van der Waals surface area contributed by atoms with Gasteiger partial charge in [-0.15, -0.1) is 0 Å². The summed E-state index contributed by atoms with van der Waals surface area (Å²) in [7, 11) is -4.47. The zero-order valence-corrected chi connectivity index (χ0v) is 20.9. The van der Waals surface area contributed by atoms with Gasteiger partial charge in [0.05, 0.1) is 11.5 Å². The smallest absolute Gasteiger partial charge is 0.422 e. The molecule has 0 bridgehead atoms. The van der Waals surface area contributed by atoms with Gasteiger partial charge in [0.15, 0.2) is 11.7 Å². The number of sulfonamides is 1. The summed E-state index contributed by atoms with van der Waals surface area (Å²) in [5.74, 6) is -0.826. The molecule has 2 amide bonds. The molecule has 2 unspecified atom stereocenters. The third-order valence-electron chi connectivity index (χ3n) is 5.65. The standard InChI is InChI=1S/C21H27F3N4O5S2/c1-4-20(13(3)10-26-18(20)30)9-15(27-12-29)14-6-7-16(33-11-21(22,23)24)17(8-14)35(31,32)28-19(34)25-5-2/h6-8,10,12,15H,4-5,9,11H2,1-3H3,(H,26,30)(H,27,29)(H2,25,28,34). The van der Waals surface area contributed by atoms with E-state index in [1.54, 1.807) is 27.0 Å². The Bertz CT molecular complexity index is 1110. The number of halogens is 3. The third kappa shape index (κ3) is 6.84. The van der Waals surface area contributed by atoms with Crippen LogP contribution in [0, 0.1) is 5.41 Å². The van der Waals surface area contributed by atoms with Crippen LogP contribution in [0.5, 0.6) is 5.75 Å². The van der Waals surface area contributed by atoms with Gasteiger partial charge in [-0.3, -0.25) is 14.3 Å². The maximum atomic E-state index is 13.0. The fourth-order valence-corrected chi connectivity index (χ4v) is 5.36. The topological polar surface area (TPSA) is 126 Å². The highest BCUT2D eigenvalue weighted by Gasteiger charge is 2.44. The summed E-state index contributed by atoms with van der Waals surface area (Å²) in [6.07, 6.45) is -2.25. The molecule has 0 aliphatic carbocycles. The van der Waals surface area contributed by atoms with Crippen LogP contribution in [0.3, 0.4) is 0 Å². The van der Waals surface area contributed by atoms with E-state index in [0.717, 1.165) is 17.7 Å². The van der Waals surface area contributed by atoms with Gasteiger partial charge >= 0.3 is 6.18 Å². The van der Waals surface area contributed by atoms with Crippen LogP contribution in [0.4, 0.5) is 13.2 Å². The molecule has 0 aromatic heterocycles. The van der Waals surface area contributed by atoms with Crippen LogP contribution in [-0.2, 0) is 19.6 Å². The predicted molar refractivity (Wildman–Crippen MR) is 126 cm³/mol. The van der Waals surface area contributed by atoms with E-state index in [1.165, 1.54) is 6.07 Å². The Morgan fingerprint density at radius 1 is 1.31 bits per heavy atom. The zero-order chi connectivity index (χ0) is 26.4. The van der Waals surface area contributed by atoms with Crippen molar-refractivity contribution in [2.24, 2.45) is 5.41 Å². The van der Waals surface area contributed by atoms with Gasteiger partial charge in [0.1, 0.15) is 10.6 Å². The van der Waals surface area contributed by atoms with E-state index >= 15 is 0 Å². The number of hydrogen-bond acceptors (Lipinski definition) is 6. The van der Waals surface area contributed by atoms with Gasteiger partial charge < -0.3 is 20.7 Å². The number of amides is 2. The maximum Gasteiger partial charge on any atom is 0.422 e. The first kappa shape index (κ1) is 28.4. The first-order chi connectivity index (χ1) is 16.3. The average Bonchev–Trinajstić information content (AvgIpc) is 3.05. The molecule has 1 aliphatic rings. The second-order valence-corrected chi connectivity index (χ2v) is 9.91. The van der Waals surface area contributed by atoms with Gasteiger partial charge in [-0.05, 0) is 62.2 Å². The van der Waals surface area contributed by atoms with Crippen molar-refractivity contribution >= 4 is 39.7 Å². The van der Waals surface area contributed by atoms with Crippen LogP contribution in [0.25, 0.3) is 0 Å². The molecule has 9 nitrogen and oxygen atoms in total. The molecule has 1 aliphatic heterocycles. The van der Waals surface area contributed by atoms with Crippen LogP contribution in [0.1, 0.15) is 45.2 Å². The highest BCUT2D eigenvalue weighted by atomic mass is 32.2. The molecule has 4 N–H and O–H groups in total. The van der Waals surface area contributed by atoms with Gasteiger partial charge in [-0.25, -0.2) is 8.42 Å². The van der Waals surface area contributed by atoms with Crippen LogP contribution in [0.2, 0.25) is 0 Å². The van der Waals surface area contributed by atoms with E-state index in [9.17, 15) is 31.2 Å². The van der Waals surface area contributed by atoms with E-state index in [-0.39, 0.29) is 23.0 Å². The molecule has 2 atom stereocenters. The Kier molecular flexibility index (Phi) is 9.11. The normalized spacial score (nSPS) is 18.8. The highest BCUT2D eigenvalue weighted by Crippen LogP contribution is 2.43. The molecule has 2 rings (SSSR count). The number of alkyl halides is 3. The predicted octanol–water partition coefficient (Wildman–Crippen LogP) is 2.41. The lowest BCUT2D eigenvalue weighted by Crippen LogP contribution is -2.39. The highest BCUT2D eigenvalue weighted by molar-refractivity contribution is 7.92. The number of hydrogen-bond donors (Lipinski definition) is 4. The summed E-state index contributed by atoms with van der Waals surface area (Å²) in [6, 6.07) is 2.66. The average molecular weight is 537 g/mol. The molecule has 0 radical (unpaired) electrons. The summed E-state index contributed by atoms with van der Waals surface area (Å²) in [6.45, 7) is 3.82. The van der Waals surface area contributed by atoms with Crippen molar-refractivity contribution in [3.63, 3.8) is 0 Å². The number of nitrogens with one attached hydrogen (secondary N) is 4. The minimum atomic E-state index is -4.71. The Balaban J connectivity index is 2.55. The third-order valence-corrected chi connectivity index (χ3v) is 7.40. The van der Waals surface area contributed by atoms with Crippen LogP contribution in [0.15, 0.2) is 34.9 Å². The summed E-state index contributed by atoms with van der Waals surface area (Å²) in [5.41, 5.74) is 0.0145. The van der Waals surface area contributed by atoms with Gasteiger partial charge in [-0.2, -0.15) is 13.2 Å². The second kappa shape index (κ2) is 11.2. The second-order valence-electron chi connectivity index (χ2n) is 7.85. The van der Waals surface area contributed by atoms with Crippen LogP contribution < -0.4 is 25.4 Å². The van der Waals surface area contributed by atoms with Crippen molar-refractivity contribution in [1.29, 1.82) is 0 Å². The van der Waals surface area contributed by atoms with E-state index < -0.39 is 44.9 Å². The van der Waals surface area contributed by atoms with E-state index in [1.807, 2.05) is 0 Å². The monoisotopic (exact) mass is 536 g/mol. The van der Waals surface area contributed by atoms with Crippen molar-refractivity contribution in [3.8, 4) is 5.75 Å². The fourth-order valence-electron chi connectivity index (χ4n) is 3.77. The number of rotatable bonds is 11. The number of carbonyl (C=O) groups is 2. The number of carbonyl (C=O) groups excluding carboxylic acids is 2. The van der Waals surface area contributed by atoms with Crippen LogP contribution >= 0.6 is 12.2 Å². The lowest BCUT2D eigenvalue weighted by atomic mass is 9.73. The molecule has 1 heterocycles. The lowest BCUT2D eigenvalue weighted by Gasteiger charge is -2.31. The first-order valence-corrected chi connectivity index (χ1v) is 12.5. The largest absolute Gasteiger partial charge is 0.483 e. The van der Waals surface area contributed by atoms with Gasteiger partial charge in [0, 0.05) is 12.7 Å². The molecule has 1 aromatic carbocycles. The van der Waals surface area contributed by atoms with Crippen molar-refractivity contribution in [2.45, 2.75) is 50.7 Å². The fraction of sp³-hybridized carbons (Fsp3) is 0.476. The molecule has 0 saturated carbocycles. The lowest BCUT2D eigenvalue weighted by molar-refractivity contribution is -0.153. The first-order valence-electron chi connectivity index (χ1n) is 10.6. The number of thiocarbonyl (C=S) groups is 1. The van der Waals surface area contributed by atoms with Gasteiger partial charge in [0.2, 0.25) is 12.3 Å². The quantitative estimate of drug-likeness (QED) is 0.253. The number of benzene rings is 1. The number of ether oxygens (including phenoxy) is 1. The molecule has 0 spiro atoms. The summed E-state index contributed by atoms with van der Waals surface area (Å²) >= 11 is 4.91. The Morgan fingerprint density at radius 2 is 2.00 bits per heavy atom. The molecular weight excluding hydrogens is 509 g/mol. The SMILES string of the molecule is CCNC(=S)NS(=O)(=O)c1cc(C(CC2(CC)C(=O)NC=C2C)NC=O)ccc1OCC(F)(F)F. The molecular formula is C21H27F3N4O5S2. The van der Waals surface area contributed by atoms with Crippen molar-refractivity contribution in [1.82, 2.24) is 20.7 Å². The van der Waals surface area contributed by atoms with Crippen molar-refractivity contribution < 1.29 is 35.9 Å². The summed E-state index contributed by atoms with van der Waals surface area (Å²) in [5, 5.41) is 7.56. The Morgan fingerprint density at radius 3 is 2.51 bits per heavy atom. The maximum absolute atomic E-state index is 13.0. The van der Waals surface area contributed by atoms with Crippen molar-refractivity contribution in [2.75, 3.05) is 13.2 Å². The molecule has 14 heteroatoms. The van der Waals surface area contributed by atoms with Crippen molar-refractivity contribution in [3.05, 3.63) is 35.5 Å². The molecule has 194 valence electrons. The summed E-state index contributed by atoms with van der Waals surface area (Å²) < 4.78 is 71.1. The van der Waals surface area contributed by atoms with Gasteiger partial charge in [0.25, 0.3) is 10.0 Å². The van der Waals surface area contributed by atoms with Gasteiger partial charge in [-0.1, -0.05) is 13.0 Å². The Hall–Kier alpha value is -2.87. The minimum absolute atomic E-state index is 0.0852. The van der Waals surface area contributed by atoms with E-state index in [2.05, 4.69) is 20.7 Å². The summed E-state index contributed by atoms with van der Waals surface area (Å²) in [4.78, 5) is 23.4. The molecule has 0 saturated heterocycles. The van der Waals surface area contributed by atoms with E-state index in [0.29, 0.717) is 19.4 Å². The van der Waals surface area contributed by atoms with Crippen LogP contribution in [-0.4, -0.2) is 45.2 Å². The minimum Gasteiger partial charge on any atom is -0.483 e. The molecule has 0 fully saturated rings. The Labute approximate surface area is 206 Å². The van der Waals surface area contributed by atoms with E-state index in [4.69, 9.17) is 17.0 Å². The zero-order valence-electron chi connectivity index (χ0n) is 19.3. The molecule has 1 aromatic rings.